The summed E-state index contributed by atoms with van der Waals surface area (Å²) >= 11 is 0. The molecule has 1 rings (SSSR count). The molecule has 0 spiro atoms. The van der Waals surface area contributed by atoms with Crippen LogP contribution in [0, 0.1) is 18.3 Å². The van der Waals surface area contributed by atoms with Crippen molar-refractivity contribution in [3.05, 3.63) is 29.8 Å². The Balaban J connectivity index is 2.95. The molecule has 2 atom stereocenters. The highest BCUT2D eigenvalue weighted by atomic mass is 16.5. The lowest BCUT2D eigenvalue weighted by Gasteiger charge is -2.30. The molecule has 86 valence electrons. The zero-order valence-corrected chi connectivity index (χ0v) is 10.2. The lowest BCUT2D eigenvalue weighted by molar-refractivity contribution is 0.0853. The Morgan fingerprint density at radius 2 is 2.06 bits per heavy atom. The number of rotatable bonds is 4. The molecule has 3 heteroatoms. The smallest absolute Gasteiger partial charge is 0.148 e. The van der Waals surface area contributed by atoms with Gasteiger partial charge in [-0.25, -0.2) is 0 Å². The van der Waals surface area contributed by atoms with E-state index in [-0.39, 0.29) is 6.10 Å². The maximum absolute atomic E-state index is 9.25. The van der Waals surface area contributed by atoms with Gasteiger partial charge in [0.2, 0.25) is 0 Å². The zero-order valence-electron chi connectivity index (χ0n) is 10.2. The molecule has 0 aliphatic heterocycles. The third kappa shape index (κ3) is 2.53. The molecule has 0 aliphatic rings. The number of nitrogens with zero attached hydrogens (tertiary/aromatic N) is 1. The Kier molecular flexibility index (Phi) is 3.92. The van der Waals surface area contributed by atoms with Crippen LogP contribution in [0.5, 0.6) is 0 Å². The molecule has 3 nitrogen and oxygen atoms in total. The van der Waals surface area contributed by atoms with Gasteiger partial charge in [0, 0.05) is 12.8 Å². The standard InChI is InChI=1S/C13H18N2O/c1-10-7-5-6-8-12(10)15-13(3,9-14)11(2)16-4/h5-8,11,15H,1-4H3. The summed E-state index contributed by atoms with van der Waals surface area (Å²) in [4.78, 5) is 0. The number of anilines is 1. The van der Waals surface area contributed by atoms with E-state index in [1.54, 1.807) is 7.11 Å². The van der Waals surface area contributed by atoms with Crippen molar-refractivity contribution in [2.24, 2.45) is 0 Å². The summed E-state index contributed by atoms with van der Waals surface area (Å²) in [5.74, 6) is 0. The minimum Gasteiger partial charge on any atom is -0.378 e. The first-order chi connectivity index (χ1) is 7.53. The molecule has 0 radical (unpaired) electrons. The van der Waals surface area contributed by atoms with Crippen LogP contribution in [0.3, 0.4) is 0 Å². The predicted octanol–water partition coefficient (Wildman–Crippen LogP) is 2.72. The topological polar surface area (TPSA) is 45.0 Å². The molecule has 1 aromatic carbocycles. The second-order valence-corrected chi connectivity index (χ2v) is 4.13. The highest BCUT2D eigenvalue weighted by Gasteiger charge is 2.31. The van der Waals surface area contributed by atoms with Gasteiger partial charge in [0.25, 0.3) is 0 Å². The van der Waals surface area contributed by atoms with Crippen molar-refractivity contribution in [1.29, 1.82) is 5.26 Å². The quantitative estimate of drug-likeness (QED) is 0.845. The fourth-order valence-corrected chi connectivity index (χ4v) is 1.45. The van der Waals surface area contributed by atoms with E-state index in [2.05, 4.69) is 11.4 Å². The van der Waals surface area contributed by atoms with Crippen molar-refractivity contribution in [1.82, 2.24) is 0 Å². The Morgan fingerprint density at radius 3 is 2.56 bits per heavy atom. The SMILES string of the molecule is COC(C)C(C)(C#N)Nc1ccccc1C. The molecule has 0 aromatic heterocycles. The van der Waals surface area contributed by atoms with E-state index in [0.29, 0.717) is 0 Å². The van der Waals surface area contributed by atoms with Crippen molar-refractivity contribution in [2.45, 2.75) is 32.4 Å². The highest BCUT2D eigenvalue weighted by Crippen LogP contribution is 2.22. The Bertz CT molecular complexity index is 397. The molecular weight excluding hydrogens is 200 g/mol. The van der Waals surface area contributed by atoms with Gasteiger partial charge in [0.15, 0.2) is 0 Å². The van der Waals surface area contributed by atoms with Crippen LogP contribution in [0.15, 0.2) is 24.3 Å². The first-order valence-electron chi connectivity index (χ1n) is 5.31. The van der Waals surface area contributed by atoms with Crippen LogP contribution in [-0.2, 0) is 4.74 Å². The maximum Gasteiger partial charge on any atom is 0.148 e. The summed E-state index contributed by atoms with van der Waals surface area (Å²) in [6.07, 6.45) is -0.183. The zero-order chi connectivity index (χ0) is 12.2. The van der Waals surface area contributed by atoms with Crippen LogP contribution < -0.4 is 5.32 Å². The molecule has 1 aromatic rings. The average molecular weight is 218 g/mol. The molecule has 2 unspecified atom stereocenters. The molecular formula is C13H18N2O. The van der Waals surface area contributed by atoms with Crippen LogP contribution in [0.1, 0.15) is 19.4 Å². The Hall–Kier alpha value is -1.53. The highest BCUT2D eigenvalue weighted by molar-refractivity contribution is 5.53. The monoisotopic (exact) mass is 218 g/mol. The normalized spacial score (nSPS) is 15.9. The fraction of sp³-hybridized carbons (Fsp3) is 0.462. The summed E-state index contributed by atoms with van der Waals surface area (Å²) < 4.78 is 5.23. The number of ether oxygens (including phenoxy) is 1. The maximum atomic E-state index is 9.25. The van der Waals surface area contributed by atoms with Crippen LogP contribution in [0.2, 0.25) is 0 Å². The van der Waals surface area contributed by atoms with Crippen molar-refractivity contribution < 1.29 is 4.74 Å². The van der Waals surface area contributed by atoms with Crippen molar-refractivity contribution in [3.8, 4) is 6.07 Å². The number of nitrogens with one attached hydrogen (secondary N) is 1. The second kappa shape index (κ2) is 5.00. The molecule has 16 heavy (non-hydrogen) atoms. The second-order valence-electron chi connectivity index (χ2n) is 4.13. The number of nitriles is 1. The minimum atomic E-state index is -0.721. The van der Waals surface area contributed by atoms with Gasteiger partial charge in [-0.15, -0.1) is 0 Å². The fourth-order valence-electron chi connectivity index (χ4n) is 1.45. The number of aryl methyl sites for hydroxylation is 1. The van der Waals surface area contributed by atoms with Gasteiger partial charge in [-0.3, -0.25) is 0 Å². The van der Waals surface area contributed by atoms with E-state index in [4.69, 9.17) is 4.74 Å². The average Bonchev–Trinajstić information content (AvgIpc) is 2.31. The van der Waals surface area contributed by atoms with Crippen molar-refractivity contribution in [3.63, 3.8) is 0 Å². The lowest BCUT2D eigenvalue weighted by atomic mass is 9.96. The van der Waals surface area contributed by atoms with E-state index < -0.39 is 5.54 Å². The van der Waals surface area contributed by atoms with Gasteiger partial charge >= 0.3 is 0 Å². The molecule has 0 aliphatic carbocycles. The molecule has 0 bridgehead atoms. The molecule has 0 saturated heterocycles. The summed E-state index contributed by atoms with van der Waals surface area (Å²) in [6.45, 7) is 5.74. The number of benzene rings is 1. The van der Waals surface area contributed by atoms with Gasteiger partial charge in [0.1, 0.15) is 5.54 Å². The molecule has 0 heterocycles. The number of para-hydroxylation sites is 1. The summed E-state index contributed by atoms with van der Waals surface area (Å²) in [5.41, 5.74) is 1.36. The lowest BCUT2D eigenvalue weighted by Crippen LogP contribution is -2.44. The number of methoxy groups -OCH3 is 1. The van der Waals surface area contributed by atoms with Crippen LogP contribution in [-0.4, -0.2) is 18.8 Å². The van der Waals surface area contributed by atoms with E-state index in [1.165, 1.54) is 0 Å². The van der Waals surface area contributed by atoms with Crippen molar-refractivity contribution >= 4 is 5.69 Å². The largest absolute Gasteiger partial charge is 0.378 e. The Morgan fingerprint density at radius 1 is 1.44 bits per heavy atom. The van der Waals surface area contributed by atoms with Crippen LogP contribution in [0.4, 0.5) is 5.69 Å². The van der Waals surface area contributed by atoms with E-state index in [0.717, 1.165) is 11.3 Å². The van der Waals surface area contributed by atoms with Crippen LogP contribution in [0.25, 0.3) is 0 Å². The third-order valence-corrected chi connectivity index (χ3v) is 2.94. The predicted molar refractivity (Wildman–Crippen MR) is 65.3 cm³/mol. The third-order valence-electron chi connectivity index (χ3n) is 2.94. The van der Waals surface area contributed by atoms with Gasteiger partial charge in [-0.1, -0.05) is 18.2 Å². The summed E-state index contributed by atoms with van der Waals surface area (Å²) in [5, 5.41) is 12.5. The molecule has 1 N–H and O–H groups in total. The minimum absolute atomic E-state index is 0.183. The van der Waals surface area contributed by atoms with E-state index >= 15 is 0 Å². The van der Waals surface area contributed by atoms with Gasteiger partial charge in [0.05, 0.1) is 12.2 Å². The van der Waals surface area contributed by atoms with Gasteiger partial charge in [-0.05, 0) is 32.4 Å². The summed E-state index contributed by atoms with van der Waals surface area (Å²) in [6, 6.07) is 10.2. The van der Waals surface area contributed by atoms with Gasteiger partial charge in [-0.2, -0.15) is 5.26 Å². The molecule has 0 saturated carbocycles. The van der Waals surface area contributed by atoms with E-state index in [9.17, 15) is 5.26 Å². The summed E-state index contributed by atoms with van der Waals surface area (Å²) in [7, 11) is 1.61. The molecule has 0 fully saturated rings. The number of hydrogen-bond donors (Lipinski definition) is 1. The Labute approximate surface area is 97.0 Å². The van der Waals surface area contributed by atoms with Crippen LogP contribution >= 0.6 is 0 Å². The first-order valence-corrected chi connectivity index (χ1v) is 5.31. The first kappa shape index (κ1) is 12.5. The van der Waals surface area contributed by atoms with Crippen molar-refractivity contribution in [2.75, 3.05) is 12.4 Å². The number of hydrogen-bond acceptors (Lipinski definition) is 3. The van der Waals surface area contributed by atoms with Gasteiger partial charge < -0.3 is 10.1 Å². The van der Waals surface area contributed by atoms with E-state index in [1.807, 2.05) is 45.0 Å². The molecule has 0 amide bonds.